The van der Waals surface area contributed by atoms with Crippen molar-refractivity contribution in [1.29, 1.82) is 0 Å². The van der Waals surface area contributed by atoms with Crippen LogP contribution in [0.5, 0.6) is 0 Å². The maximum absolute atomic E-state index is 6.12. The monoisotopic (exact) mass is 233 g/mol. The minimum Gasteiger partial charge on any atom is -0.394 e. The van der Waals surface area contributed by atoms with E-state index < -0.39 is 0 Å². The number of nitrogens with zero attached hydrogens (tertiary/aromatic N) is 4. The molecule has 17 heavy (non-hydrogen) atoms. The van der Waals surface area contributed by atoms with Gasteiger partial charge in [-0.15, -0.1) is 0 Å². The summed E-state index contributed by atoms with van der Waals surface area (Å²) in [6.45, 7) is 10.1. The van der Waals surface area contributed by atoms with Gasteiger partial charge in [-0.25, -0.2) is 9.67 Å². The molecule has 0 saturated carbocycles. The SMILES string of the molecule is Cc1nn(C(C)C)c(-n2cnc(C)c2C)c1N. The number of nitrogen functional groups attached to an aromatic ring is 1. The Balaban J connectivity index is 2.70. The minimum absolute atomic E-state index is 0.267. The van der Waals surface area contributed by atoms with E-state index in [1.807, 2.05) is 30.0 Å². The van der Waals surface area contributed by atoms with E-state index in [2.05, 4.69) is 23.9 Å². The van der Waals surface area contributed by atoms with Gasteiger partial charge in [-0.05, 0) is 34.6 Å². The van der Waals surface area contributed by atoms with Crippen LogP contribution in [0.1, 0.15) is 37.0 Å². The first-order chi connectivity index (χ1) is 7.93. The second-order valence-electron chi connectivity index (χ2n) is 4.65. The zero-order chi connectivity index (χ0) is 12.7. The van der Waals surface area contributed by atoms with Crippen molar-refractivity contribution in [3.8, 4) is 5.82 Å². The maximum atomic E-state index is 6.12. The second kappa shape index (κ2) is 3.91. The van der Waals surface area contributed by atoms with Gasteiger partial charge in [0, 0.05) is 11.7 Å². The van der Waals surface area contributed by atoms with Gasteiger partial charge in [-0.3, -0.25) is 4.57 Å². The van der Waals surface area contributed by atoms with Gasteiger partial charge in [0.2, 0.25) is 0 Å². The Hall–Kier alpha value is -1.78. The van der Waals surface area contributed by atoms with Crippen LogP contribution in [0, 0.1) is 20.8 Å². The molecule has 0 aliphatic heterocycles. The van der Waals surface area contributed by atoms with E-state index in [-0.39, 0.29) is 6.04 Å². The lowest BCUT2D eigenvalue weighted by atomic mass is 10.3. The summed E-state index contributed by atoms with van der Waals surface area (Å²) in [6.07, 6.45) is 1.80. The van der Waals surface area contributed by atoms with Gasteiger partial charge >= 0.3 is 0 Å². The van der Waals surface area contributed by atoms with Crippen LogP contribution in [0.2, 0.25) is 0 Å². The highest BCUT2D eigenvalue weighted by Gasteiger charge is 2.18. The van der Waals surface area contributed by atoms with Crippen LogP contribution >= 0.6 is 0 Å². The Bertz CT molecular complexity index is 547. The Kier molecular flexibility index (Phi) is 2.69. The van der Waals surface area contributed by atoms with Crippen LogP contribution in [0.4, 0.5) is 5.69 Å². The smallest absolute Gasteiger partial charge is 0.160 e. The molecule has 0 fully saturated rings. The maximum Gasteiger partial charge on any atom is 0.160 e. The molecule has 5 heteroatoms. The highest BCUT2D eigenvalue weighted by molar-refractivity contribution is 5.58. The molecule has 0 unspecified atom stereocenters. The summed E-state index contributed by atoms with van der Waals surface area (Å²) in [7, 11) is 0. The number of aromatic nitrogens is 4. The van der Waals surface area contributed by atoms with E-state index in [4.69, 9.17) is 5.73 Å². The fourth-order valence-electron chi connectivity index (χ4n) is 1.86. The third kappa shape index (κ3) is 1.71. The Morgan fingerprint density at radius 3 is 2.29 bits per heavy atom. The van der Waals surface area contributed by atoms with Gasteiger partial charge in [0.05, 0.1) is 17.1 Å². The van der Waals surface area contributed by atoms with E-state index in [1.54, 1.807) is 6.33 Å². The number of rotatable bonds is 2. The van der Waals surface area contributed by atoms with E-state index in [1.165, 1.54) is 0 Å². The lowest BCUT2D eigenvalue weighted by Crippen LogP contribution is -2.11. The van der Waals surface area contributed by atoms with Gasteiger partial charge in [-0.2, -0.15) is 5.10 Å². The van der Waals surface area contributed by atoms with E-state index in [0.717, 1.165) is 28.6 Å². The molecule has 2 aromatic heterocycles. The van der Waals surface area contributed by atoms with Crippen molar-refractivity contribution in [3.05, 3.63) is 23.4 Å². The van der Waals surface area contributed by atoms with Crippen LogP contribution in [-0.4, -0.2) is 19.3 Å². The largest absolute Gasteiger partial charge is 0.394 e. The van der Waals surface area contributed by atoms with Gasteiger partial charge in [0.25, 0.3) is 0 Å². The molecule has 0 aliphatic rings. The standard InChI is InChI=1S/C12H19N5/c1-7(2)17-12(11(13)9(4)15-17)16-6-14-8(3)10(16)5/h6-7H,13H2,1-5H3. The highest BCUT2D eigenvalue weighted by Crippen LogP contribution is 2.25. The summed E-state index contributed by atoms with van der Waals surface area (Å²) in [5, 5.41) is 4.48. The topological polar surface area (TPSA) is 61.7 Å². The lowest BCUT2D eigenvalue weighted by molar-refractivity contribution is 0.517. The normalized spacial score (nSPS) is 11.4. The molecule has 0 spiro atoms. The zero-order valence-electron chi connectivity index (χ0n) is 11.0. The average molecular weight is 233 g/mol. The van der Waals surface area contributed by atoms with Crippen LogP contribution in [0.25, 0.3) is 5.82 Å². The van der Waals surface area contributed by atoms with Crippen molar-refractivity contribution in [2.75, 3.05) is 5.73 Å². The molecule has 2 heterocycles. The molecule has 2 N–H and O–H groups in total. The van der Waals surface area contributed by atoms with Crippen LogP contribution < -0.4 is 5.73 Å². The predicted molar refractivity (Wildman–Crippen MR) is 68.4 cm³/mol. The second-order valence-corrected chi connectivity index (χ2v) is 4.65. The molecule has 2 rings (SSSR count). The van der Waals surface area contributed by atoms with Gasteiger partial charge < -0.3 is 5.73 Å². The summed E-state index contributed by atoms with van der Waals surface area (Å²) in [5.74, 6) is 0.913. The highest BCUT2D eigenvalue weighted by atomic mass is 15.4. The summed E-state index contributed by atoms with van der Waals surface area (Å²) in [4.78, 5) is 4.31. The van der Waals surface area contributed by atoms with Crippen molar-refractivity contribution in [1.82, 2.24) is 19.3 Å². The number of aryl methyl sites for hydroxylation is 2. The summed E-state index contributed by atoms with van der Waals surface area (Å²) in [6, 6.07) is 0.267. The third-order valence-electron chi connectivity index (χ3n) is 3.07. The first-order valence-electron chi connectivity index (χ1n) is 5.79. The van der Waals surface area contributed by atoms with Crippen molar-refractivity contribution in [2.45, 2.75) is 40.7 Å². The molecule has 0 aliphatic carbocycles. The van der Waals surface area contributed by atoms with Gasteiger partial charge in [0.1, 0.15) is 6.33 Å². The molecule has 0 aromatic carbocycles. The fourth-order valence-corrected chi connectivity index (χ4v) is 1.86. The zero-order valence-corrected chi connectivity index (χ0v) is 11.0. The molecule has 0 atom stereocenters. The minimum atomic E-state index is 0.267. The first-order valence-corrected chi connectivity index (χ1v) is 5.79. The van der Waals surface area contributed by atoms with Crippen molar-refractivity contribution >= 4 is 5.69 Å². The average Bonchev–Trinajstić information content (AvgIpc) is 2.73. The molecule has 92 valence electrons. The summed E-state index contributed by atoms with van der Waals surface area (Å²) >= 11 is 0. The molecule has 0 saturated heterocycles. The molecule has 0 amide bonds. The van der Waals surface area contributed by atoms with Crippen molar-refractivity contribution in [3.63, 3.8) is 0 Å². The molecule has 0 radical (unpaired) electrons. The molecule has 2 aromatic rings. The van der Waals surface area contributed by atoms with Crippen LogP contribution in [0.15, 0.2) is 6.33 Å². The molecular weight excluding hydrogens is 214 g/mol. The van der Waals surface area contributed by atoms with Crippen LogP contribution in [-0.2, 0) is 0 Å². The van der Waals surface area contributed by atoms with E-state index >= 15 is 0 Å². The number of hydrogen-bond acceptors (Lipinski definition) is 3. The molecule has 5 nitrogen and oxygen atoms in total. The van der Waals surface area contributed by atoms with E-state index in [0.29, 0.717) is 0 Å². The molecular formula is C12H19N5. The van der Waals surface area contributed by atoms with E-state index in [9.17, 15) is 0 Å². The Morgan fingerprint density at radius 2 is 1.82 bits per heavy atom. The predicted octanol–water partition coefficient (Wildman–Crippen LogP) is 2.16. The lowest BCUT2D eigenvalue weighted by Gasteiger charge is -2.13. The van der Waals surface area contributed by atoms with Gasteiger partial charge in [-0.1, -0.05) is 0 Å². The fraction of sp³-hybridized carbons (Fsp3) is 0.500. The quantitative estimate of drug-likeness (QED) is 0.864. The number of nitrogens with two attached hydrogens (primary N) is 1. The first kappa shape index (κ1) is 11.7. The van der Waals surface area contributed by atoms with Crippen LogP contribution in [0.3, 0.4) is 0 Å². The number of imidazole rings is 1. The third-order valence-corrected chi connectivity index (χ3v) is 3.07. The molecule has 0 bridgehead atoms. The Morgan fingerprint density at radius 1 is 1.18 bits per heavy atom. The summed E-state index contributed by atoms with van der Waals surface area (Å²) < 4.78 is 3.95. The van der Waals surface area contributed by atoms with Gasteiger partial charge in [0.15, 0.2) is 5.82 Å². The number of hydrogen-bond donors (Lipinski definition) is 1. The number of anilines is 1. The Labute approximate surface area is 101 Å². The van der Waals surface area contributed by atoms with Crippen molar-refractivity contribution in [2.24, 2.45) is 0 Å². The summed E-state index contributed by atoms with van der Waals surface area (Å²) in [5.41, 5.74) is 9.81. The van der Waals surface area contributed by atoms with Crippen molar-refractivity contribution < 1.29 is 0 Å².